The van der Waals surface area contributed by atoms with Crippen LogP contribution in [-0.4, -0.2) is 9.13 Å². The average molecular weight is 924 g/mol. The molecule has 0 atom stereocenters. The van der Waals surface area contributed by atoms with Gasteiger partial charge in [-0.1, -0.05) is 127 Å². The highest BCUT2D eigenvalue weighted by atomic mass is 15.2. The minimum Gasteiger partial charge on any atom is -0.311 e. The maximum Gasteiger partial charge on any atom is 0.0541 e. The molecule has 72 heavy (non-hydrogen) atoms. The third-order valence-electron chi connectivity index (χ3n) is 13.9. The maximum absolute atomic E-state index is 2.37. The van der Waals surface area contributed by atoms with Crippen LogP contribution in [0.3, 0.4) is 0 Å². The third-order valence-corrected chi connectivity index (χ3v) is 13.9. The van der Waals surface area contributed by atoms with Crippen LogP contribution in [0.4, 0.5) is 51.2 Å². The van der Waals surface area contributed by atoms with Gasteiger partial charge < -0.3 is 23.8 Å². The first-order valence-corrected chi connectivity index (χ1v) is 24.6. The Labute approximate surface area is 419 Å². The first-order chi connectivity index (χ1) is 35.6. The number of para-hydroxylation sites is 6. The van der Waals surface area contributed by atoms with Gasteiger partial charge in [-0.2, -0.15) is 0 Å². The van der Waals surface area contributed by atoms with Crippen molar-refractivity contribution < 1.29 is 0 Å². The fraction of sp³-hybridized carbons (Fsp3) is 0.0149. The molecule has 342 valence electrons. The zero-order valence-electron chi connectivity index (χ0n) is 39.8. The summed E-state index contributed by atoms with van der Waals surface area (Å²) in [6.07, 6.45) is 0. The number of benzene rings is 11. The van der Waals surface area contributed by atoms with Crippen LogP contribution < -0.4 is 14.7 Å². The van der Waals surface area contributed by atoms with Gasteiger partial charge in [0.15, 0.2) is 0 Å². The zero-order chi connectivity index (χ0) is 48.0. The van der Waals surface area contributed by atoms with E-state index in [1.807, 2.05) is 0 Å². The summed E-state index contributed by atoms with van der Waals surface area (Å²) in [7, 11) is 0. The Balaban J connectivity index is 0.845. The molecule has 0 bridgehead atoms. The van der Waals surface area contributed by atoms with Crippen molar-refractivity contribution in [1.82, 2.24) is 9.13 Å². The van der Waals surface area contributed by atoms with Crippen molar-refractivity contribution in [3.8, 4) is 11.4 Å². The van der Waals surface area contributed by atoms with E-state index in [0.29, 0.717) is 0 Å². The lowest BCUT2D eigenvalue weighted by molar-refractivity contribution is 1.17. The van der Waals surface area contributed by atoms with Gasteiger partial charge in [-0.25, -0.2) is 0 Å². The summed E-state index contributed by atoms with van der Waals surface area (Å²) < 4.78 is 4.74. The molecule has 0 spiro atoms. The molecule has 0 aliphatic rings. The van der Waals surface area contributed by atoms with Gasteiger partial charge >= 0.3 is 0 Å². The smallest absolute Gasteiger partial charge is 0.0541 e. The van der Waals surface area contributed by atoms with Crippen molar-refractivity contribution in [3.63, 3.8) is 0 Å². The van der Waals surface area contributed by atoms with Gasteiger partial charge in [-0.3, -0.25) is 0 Å². The molecule has 0 saturated carbocycles. The van der Waals surface area contributed by atoms with E-state index in [-0.39, 0.29) is 0 Å². The first kappa shape index (κ1) is 42.5. The van der Waals surface area contributed by atoms with Crippen LogP contribution in [-0.2, 0) is 0 Å². The molecule has 0 N–H and O–H groups in total. The van der Waals surface area contributed by atoms with Crippen molar-refractivity contribution >= 4 is 94.8 Å². The van der Waals surface area contributed by atoms with E-state index >= 15 is 0 Å². The lowest BCUT2D eigenvalue weighted by Gasteiger charge is -2.29. The van der Waals surface area contributed by atoms with Gasteiger partial charge in [0.05, 0.1) is 22.1 Å². The molecule has 2 heterocycles. The predicted octanol–water partition coefficient (Wildman–Crippen LogP) is 18.6. The SMILES string of the molecule is Cc1ccc(N(c2ccc(N(c3ccccc3)c3ccc(-n4c5ccccc5c5ccccc54)cc3)cc2)c2ccc(N(c3ccccc3)c3ccc(-n4c5ccccc5c5ccccc54)cc3)cc2)cc1. The van der Waals surface area contributed by atoms with Crippen LogP contribution in [0.2, 0.25) is 0 Å². The van der Waals surface area contributed by atoms with Crippen molar-refractivity contribution in [2.24, 2.45) is 0 Å². The van der Waals surface area contributed by atoms with Gasteiger partial charge in [0, 0.05) is 84.1 Å². The molecule has 11 aromatic carbocycles. The highest BCUT2D eigenvalue weighted by molar-refractivity contribution is 6.10. The lowest BCUT2D eigenvalue weighted by Crippen LogP contribution is -2.13. The quantitative estimate of drug-likeness (QED) is 0.129. The molecular weight excluding hydrogens is 875 g/mol. The number of hydrogen-bond donors (Lipinski definition) is 0. The number of fused-ring (bicyclic) bond motifs is 6. The molecule has 2 aromatic heterocycles. The molecule has 0 amide bonds. The van der Waals surface area contributed by atoms with Crippen LogP contribution in [0.15, 0.2) is 279 Å². The summed E-state index contributed by atoms with van der Waals surface area (Å²) in [5.41, 5.74) is 17.9. The summed E-state index contributed by atoms with van der Waals surface area (Å²) >= 11 is 0. The van der Waals surface area contributed by atoms with Crippen molar-refractivity contribution in [2.75, 3.05) is 14.7 Å². The Morgan fingerprint density at radius 3 is 0.694 bits per heavy atom. The monoisotopic (exact) mass is 923 g/mol. The van der Waals surface area contributed by atoms with E-state index < -0.39 is 0 Å². The van der Waals surface area contributed by atoms with Crippen molar-refractivity contribution in [2.45, 2.75) is 6.92 Å². The van der Waals surface area contributed by atoms with Crippen LogP contribution in [0, 0.1) is 6.92 Å². The summed E-state index contributed by atoms with van der Waals surface area (Å²) in [6.45, 7) is 2.14. The summed E-state index contributed by atoms with van der Waals surface area (Å²) in [6, 6.07) is 101. The molecular formula is C67H49N5. The predicted molar refractivity (Wildman–Crippen MR) is 304 cm³/mol. The number of nitrogens with zero attached hydrogens (tertiary/aromatic N) is 5. The normalized spacial score (nSPS) is 11.4. The molecule has 5 nitrogen and oxygen atoms in total. The lowest BCUT2D eigenvalue weighted by atomic mass is 10.1. The summed E-state index contributed by atoms with van der Waals surface area (Å²) in [5, 5.41) is 5.02. The number of aryl methyl sites for hydroxylation is 1. The van der Waals surface area contributed by atoms with Crippen LogP contribution in [0.1, 0.15) is 5.56 Å². The fourth-order valence-electron chi connectivity index (χ4n) is 10.6. The standard InChI is InChI=1S/C67H49N5/c1-48-28-30-51(31-29-48)70(56-36-32-52(33-37-56)68(49-16-4-2-5-17-49)54-40-44-58(45-41-54)71-64-24-12-8-20-60(64)61-21-9-13-25-65(61)71)57-38-34-53(35-39-57)69(50-18-6-3-7-19-50)55-42-46-59(47-43-55)72-66-26-14-10-22-62(66)63-23-11-15-27-67(63)72/h2-47H,1H3. The molecule has 13 rings (SSSR count). The van der Waals surface area contributed by atoms with Crippen LogP contribution in [0.25, 0.3) is 55.0 Å². The Morgan fingerprint density at radius 2 is 0.417 bits per heavy atom. The Morgan fingerprint density at radius 1 is 0.208 bits per heavy atom. The molecule has 0 aliphatic carbocycles. The minimum atomic E-state index is 1.06. The second kappa shape index (κ2) is 18.1. The number of aromatic nitrogens is 2. The molecule has 0 unspecified atom stereocenters. The molecule has 5 heteroatoms. The second-order valence-electron chi connectivity index (χ2n) is 18.3. The fourth-order valence-corrected chi connectivity index (χ4v) is 10.6. The second-order valence-corrected chi connectivity index (χ2v) is 18.3. The van der Waals surface area contributed by atoms with E-state index in [1.54, 1.807) is 0 Å². The van der Waals surface area contributed by atoms with E-state index in [2.05, 4.69) is 310 Å². The Bertz CT molecular complexity index is 3660. The highest BCUT2D eigenvalue weighted by Gasteiger charge is 2.20. The molecule has 13 aromatic rings. The highest BCUT2D eigenvalue weighted by Crippen LogP contribution is 2.43. The van der Waals surface area contributed by atoms with Gasteiger partial charge in [0.2, 0.25) is 0 Å². The number of rotatable bonds is 11. The zero-order valence-corrected chi connectivity index (χ0v) is 39.8. The van der Waals surface area contributed by atoms with Crippen molar-refractivity contribution in [1.29, 1.82) is 0 Å². The summed E-state index contributed by atoms with van der Waals surface area (Å²) in [5.74, 6) is 0. The first-order valence-electron chi connectivity index (χ1n) is 24.6. The maximum atomic E-state index is 2.37. The van der Waals surface area contributed by atoms with E-state index in [4.69, 9.17) is 0 Å². The molecule has 0 fully saturated rings. The van der Waals surface area contributed by atoms with E-state index in [9.17, 15) is 0 Å². The third kappa shape index (κ3) is 7.52. The molecule has 0 saturated heterocycles. The van der Waals surface area contributed by atoms with Gasteiger partial charge in [0.1, 0.15) is 0 Å². The largest absolute Gasteiger partial charge is 0.311 e. The molecule has 0 radical (unpaired) electrons. The molecule has 0 aliphatic heterocycles. The van der Waals surface area contributed by atoms with Gasteiger partial charge in [-0.05, 0) is 165 Å². The van der Waals surface area contributed by atoms with Gasteiger partial charge in [-0.15, -0.1) is 0 Å². The summed E-state index contributed by atoms with van der Waals surface area (Å²) in [4.78, 5) is 7.00. The number of anilines is 9. The van der Waals surface area contributed by atoms with E-state index in [1.165, 1.54) is 49.2 Å². The van der Waals surface area contributed by atoms with Gasteiger partial charge in [0.25, 0.3) is 0 Å². The van der Waals surface area contributed by atoms with Crippen LogP contribution in [0.5, 0.6) is 0 Å². The minimum absolute atomic E-state index is 1.06. The Hall–Kier alpha value is -9.58. The number of hydrogen-bond acceptors (Lipinski definition) is 3. The average Bonchev–Trinajstić information content (AvgIpc) is 3.97. The Kier molecular flexibility index (Phi) is 10.7. The van der Waals surface area contributed by atoms with Crippen molar-refractivity contribution in [3.05, 3.63) is 285 Å². The van der Waals surface area contributed by atoms with Crippen LogP contribution >= 0.6 is 0 Å². The van der Waals surface area contributed by atoms with E-state index in [0.717, 1.165) is 62.6 Å². The topological polar surface area (TPSA) is 19.6 Å².